The van der Waals surface area contributed by atoms with Gasteiger partial charge in [-0.1, -0.05) is 25.3 Å². The lowest BCUT2D eigenvalue weighted by atomic mass is 9.88. The quantitative estimate of drug-likeness (QED) is 0.383. The Hall–Kier alpha value is -1.30. The molecule has 3 nitrogen and oxygen atoms in total. The molecule has 0 unspecified atom stereocenters. The number of methoxy groups -OCH3 is 1. The van der Waals surface area contributed by atoms with E-state index in [9.17, 15) is 4.79 Å². The Balaban J connectivity index is 2.63. The van der Waals surface area contributed by atoms with Crippen LogP contribution in [0.15, 0.2) is 11.6 Å². The van der Waals surface area contributed by atoms with Crippen molar-refractivity contribution in [1.82, 2.24) is 0 Å². The van der Waals surface area contributed by atoms with Gasteiger partial charge in [0.15, 0.2) is 0 Å². The summed E-state index contributed by atoms with van der Waals surface area (Å²) in [5, 5.41) is 8.74. The SMILES string of the molecule is COC(=O)C(C#N)=CC1CCCCC1. The standard InChI is InChI=1S/C11H15NO2/c1-14-11(13)10(8-12)7-9-5-3-2-4-6-9/h7,9H,2-6H2,1H3. The molecule has 1 fully saturated rings. The average molecular weight is 193 g/mol. The highest BCUT2D eigenvalue weighted by Gasteiger charge is 2.15. The second kappa shape index (κ2) is 5.43. The van der Waals surface area contributed by atoms with Crippen molar-refractivity contribution in [3.05, 3.63) is 11.6 Å². The van der Waals surface area contributed by atoms with Crippen molar-refractivity contribution in [3.8, 4) is 6.07 Å². The average Bonchev–Trinajstić information content (AvgIpc) is 2.26. The minimum absolute atomic E-state index is 0.152. The first-order valence-electron chi connectivity index (χ1n) is 4.98. The predicted molar refractivity (Wildman–Crippen MR) is 52.3 cm³/mol. The van der Waals surface area contributed by atoms with Gasteiger partial charge in [-0.3, -0.25) is 0 Å². The molecule has 0 radical (unpaired) electrons. The smallest absolute Gasteiger partial charge is 0.348 e. The molecule has 0 aromatic rings. The zero-order valence-electron chi connectivity index (χ0n) is 8.45. The van der Waals surface area contributed by atoms with Gasteiger partial charge < -0.3 is 4.74 Å². The van der Waals surface area contributed by atoms with E-state index < -0.39 is 5.97 Å². The van der Waals surface area contributed by atoms with Crippen LogP contribution in [0.25, 0.3) is 0 Å². The van der Waals surface area contributed by atoms with Crippen LogP contribution in [0.2, 0.25) is 0 Å². The molecule has 0 aromatic heterocycles. The molecule has 0 aliphatic heterocycles. The molecular weight excluding hydrogens is 178 g/mol. The number of hydrogen-bond donors (Lipinski definition) is 0. The van der Waals surface area contributed by atoms with Gasteiger partial charge in [0.1, 0.15) is 11.6 Å². The largest absolute Gasteiger partial charge is 0.465 e. The molecule has 0 spiro atoms. The molecular formula is C11H15NO2. The number of allylic oxidation sites excluding steroid dienone is 1. The van der Waals surface area contributed by atoms with Gasteiger partial charge in [-0.2, -0.15) is 5.26 Å². The number of hydrogen-bond acceptors (Lipinski definition) is 3. The van der Waals surface area contributed by atoms with Crippen LogP contribution in [-0.4, -0.2) is 13.1 Å². The van der Waals surface area contributed by atoms with E-state index in [4.69, 9.17) is 5.26 Å². The predicted octanol–water partition coefficient (Wildman–Crippen LogP) is 2.19. The fourth-order valence-corrected chi connectivity index (χ4v) is 1.80. The minimum atomic E-state index is -0.516. The lowest BCUT2D eigenvalue weighted by Crippen LogP contribution is -2.08. The van der Waals surface area contributed by atoms with Crippen molar-refractivity contribution in [1.29, 1.82) is 5.26 Å². The molecule has 1 saturated carbocycles. The zero-order valence-corrected chi connectivity index (χ0v) is 8.45. The van der Waals surface area contributed by atoms with Gasteiger partial charge in [0.2, 0.25) is 0 Å². The fraction of sp³-hybridized carbons (Fsp3) is 0.636. The third-order valence-electron chi connectivity index (χ3n) is 2.58. The monoisotopic (exact) mass is 193 g/mol. The molecule has 0 bridgehead atoms. The molecule has 1 aliphatic rings. The number of carbonyl (C=O) groups excluding carboxylic acids is 1. The Bertz CT molecular complexity index is 270. The summed E-state index contributed by atoms with van der Waals surface area (Å²) in [6.45, 7) is 0. The molecule has 0 heterocycles. The van der Waals surface area contributed by atoms with E-state index in [1.807, 2.05) is 6.07 Å². The Labute approximate surface area is 84.4 Å². The van der Waals surface area contributed by atoms with E-state index in [0.717, 1.165) is 12.8 Å². The van der Waals surface area contributed by atoms with Crippen LogP contribution in [0, 0.1) is 17.2 Å². The number of esters is 1. The lowest BCUT2D eigenvalue weighted by molar-refractivity contribution is -0.135. The molecule has 0 amide bonds. The van der Waals surface area contributed by atoms with Gasteiger partial charge in [0.25, 0.3) is 0 Å². The van der Waals surface area contributed by atoms with Gasteiger partial charge in [-0.05, 0) is 18.8 Å². The van der Waals surface area contributed by atoms with E-state index in [0.29, 0.717) is 5.92 Å². The summed E-state index contributed by atoms with van der Waals surface area (Å²) in [7, 11) is 1.30. The van der Waals surface area contributed by atoms with Crippen LogP contribution in [0.1, 0.15) is 32.1 Å². The highest BCUT2D eigenvalue weighted by molar-refractivity contribution is 5.92. The normalized spacial score (nSPS) is 18.7. The zero-order chi connectivity index (χ0) is 10.4. The maximum atomic E-state index is 11.1. The van der Waals surface area contributed by atoms with Crippen LogP contribution in [0.4, 0.5) is 0 Å². The third kappa shape index (κ3) is 2.88. The van der Waals surface area contributed by atoms with Gasteiger partial charge in [0, 0.05) is 0 Å². The van der Waals surface area contributed by atoms with Gasteiger partial charge in [-0.25, -0.2) is 4.79 Å². The topological polar surface area (TPSA) is 50.1 Å². The van der Waals surface area contributed by atoms with Gasteiger partial charge in [-0.15, -0.1) is 0 Å². The maximum absolute atomic E-state index is 11.1. The Morgan fingerprint density at radius 2 is 2.07 bits per heavy atom. The van der Waals surface area contributed by atoms with Crippen molar-refractivity contribution in [2.75, 3.05) is 7.11 Å². The molecule has 76 valence electrons. The Morgan fingerprint density at radius 3 is 2.57 bits per heavy atom. The van der Waals surface area contributed by atoms with E-state index in [1.165, 1.54) is 26.4 Å². The van der Waals surface area contributed by atoms with E-state index in [1.54, 1.807) is 6.08 Å². The summed E-state index contributed by atoms with van der Waals surface area (Å²) >= 11 is 0. The van der Waals surface area contributed by atoms with Gasteiger partial charge >= 0.3 is 5.97 Å². The van der Waals surface area contributed by atoms with Crippen molar-refractivity contribution in [2.24, 2.45) is 5.92 Å². The second-order valence-electron chi connectivity index (χ2n) is 3.58. The lowest BCUT2D eigenvalue weighted by Gasteiger charge is -2.17. The Kier molecular flexibility index (Phi) is 4.18. The summed E-state index contributed by atoms with van der Waals surface area (Å²) in [5.41, 5.74) is 0.152. The molecule has 0 saturated heterocycles. The number of nitrogens with zero attached hydrogens (tertiary/aromatic N) is 1. The minimum Gasteiger partial charge on any atom is -0.465 e. The molecule has 1 rings (SSSR count). The van der Waals surface area contributed by atoms with Crippen molar-refractivity contribution >= 4 is 5.97 Å². The number of rotatable bonds is 2. The molecule has 1 aliphatic carbocycles. The molecule has 14 heavy (non-hydrogen) atoms. The van der Waals surface area contributed by atoms with Crippen molar-refractivity contribution < 1.29 is 9.53 Å². The van der Waals surface area contributed by atoms with Crippen LogP contribution >= 0.6 is 0 Å². The van der Waals surface area contributed by atoms with Gasteiger partial charge in [0.05, 0.1) is 7.11 Å². The van der Waals surface area contributed by atoms with E-state index in [-0.39, 0.29) is 5.57 Å². The third-order valence-corrected chi connectivity index (χ3v) is 2.58. The van der Waals surface area contributed by atoms with E-state index >= 15 is 0 Å². The summed E-state index contributed by atoms with van der Waals surface area (Å²) in [6, 6.07) is 1.89. The maximum Gasteiger partial charge on any atom is 0.348 e. The summed E-state index contributed by atoms with van der Waals surface area (Å²) in [6.07, 6.45) is 7.60. The molecule has 0 atom stereocenters. The van der Waals surface area contributed by atoms with Crippen LogP contribution in [0.3, 0.4) is 0 Å². The first kappa shape index (κ1) is 10.8. The van der Waals surface area contributed by atoms with Crippen LogP contribution in [0.5, 0.6) is 0 Å². The molecule has 0 aromatic carbocycles. The van der Waals surface area contributed by atoms with Crippen LogP contribution in [-0.2, 0) is 9.53 Å². The second-order valence-corrected chi connectivity index (χ2v) is 3.58. The molecule has 0 N–H and O–H groups in total. The van der Waals surface area contributed by atoms with E-state index in [2.05, 4.69) is 4.74 Å². The first-order chi connectivity index (χ1) is 6.77. The summed E-state index contributed by atoms with van der Waals surface area (Å²) in [5.74, 6) is -0.129. The van der Waals surface area contributed by atoms with Crippen LogP contribution < -0.4 is 0 Å². The Morgan fingerprint density at radius 1 is 1.43 bits per heavy atom. The molecule has 3 heteroatoms. The fourth-order valence-electron chi connectivity index (χ4n) is 1.80. The number of nitriles is 1. The summed E-state index contributed by atoms with van der Waals surface area (Å²) < 4.78 is 4.52. The van der Waals surface area contributed by atoms with Crippen molar-refractivity contribution in [3.63, 3.8) is 0 Å². The number of ether oxygens (including phenoxy) is 1. The summed E-state index contributed by atoms with van der Waals surface area (Å²) in [4.78, 5) is 11.1. The number of carbonyl (C=O) groups is 1. The van der Waals surface area contributed by atoms with Crippen molar-refractivity contribution in [2.45, 2.75) is 32.1 Å². The highest BCUT2D eigenvalue weighted by Crippen LogP contribution is 2.25. The highest BCUT2D eigenvalue weighted by atomic mass is 16.5. The first-order valence-corrected chi connectivity index (χ1v) is 4.98.